The van der Waals surface area contributed by atoms with E-state index < -0.39 is 0 Å². The van der Waals surface area contributed by atoms with Crippen molar-refractivity contribution in [2.24, 2.45) is 0 Å². The molecule has 142 valence electrons. The molecular formula is C20H14N2OY10-2. The number of hydrogen-bond donors (Lipinski definition) is 0. The van der Waals surface area contributed by atoms with E-state index in [1.54, 1.807) is 12.1 Å². The zero-order chi connectivity index (χ0) is 15.8. The van der Waals surface area contributed by atoms with E-state index in [9.17, 15) is 0 Å². The molecule has 0 aliphatic carbocycles. The number of benzene rings is 4. The van der Waals surface area contributed by atoms with Gasteiger partial charge in [0.05, 0.1) is 0 Å². The summed E-state index contributed by atoms with van der Waals surface area (Å²) >= 11 is 0. The van der Waals surface area contributed by atoms with E-state index in [0.717, 1.165) is 33.0 Å². The predicted octanol–water partition coefficient (Wildman–Crippen LogP) is 7.13. The smallest absolute Gasteiger partial charge is 0.135 e. The van der Waals surface area contributed by atoms with E-state index in [-0.39, 0.29) is 327 Å². The van der Waals surface area contributed by atoms with Crippen molar-refractivity contribution in [3.8, 4) is 11.5 Å². The zero-order valence-corrected chi connectivity index (χ0v) is 46.5. The van der Waals surface area contributed by atoms with Crippen LogP contribution in [0.1, 0.15) is 0 Å². The Morgan fingerprint density at radius 3 is 1.09 bits per heavy atom. The summed E-state index contributed by atoms with van der Waals surface area (Å²) in [6, 6.07) is 22.7. The number of fused-ring (bicyclic) bond motifs is 2. The largest absolute Gasteiger partial charge is 0.699 e. The van der Waals surface area contributed by atoms with Crippen molar-refractivity contribution in [3.63, 3.8) is 0 Å². The average Bonchev–Trinajstić information content (AvgIpc) is 2.54. The van der Waals surface area contributed by atoms with Crippen LogP contribution in [-0.4, -0.2) is 0 Å². The topological polar surface area (TPSA) is 56.8 Å². The molecule has 4 rings (SSSR count). The van der Waals surface area contributed by atoms with Crippen LogP contribution in [0.25, 0.3) is 33.0 Å². The van der Waals surface area contributed by atoms with Crippen LogP contribution in [0.15, 0.2) is 72.8 Å². The summed E-state index contributed by atoms with van der Waals surface area (Å²) in [6.07, 6.45) is 0. The molecule has 0 spiro atoms. The van der Waals surface area contributed by atoms with E-state index in [1.807, 2.05) is 60.7 Å². The first kappa shape index (κ1) is 56.6. The minimum absolute atomic E-state index is 0. The van der Waals surface area contributed by atoms with Gasteiger partial charge in [-0.05, 0) is 22.9 Å². The van der Waals surface area contributed by atoms with Crippen molar-refractivity contribution in [1.82, 2.24) is 0 Å². The second-order valence-corrected chi connectivity index (χ2v) is 5.49. The molecule has 0 aromatic heterocycles. The number of hydrogen-bond acceptors (Lipinski definition) is 1. The van der Waals surface area contributed by atoms with Crippen LogP contribution in [-0.2, 0) is 327 Å². The molecule has 4 aromatic rings. The fourth-order valence-corrected chi connectivity index (χ4v) is 2.80. The third kappa shape index (κ3) is 17.1. The summed E-state index contributed by atoms with van der Waals surface area (Å²) < 4.78 is 6.16. The second-order valence-electron chi connectivity index (χ2n) is 5.49. The Bertz CT molecular complexity index is 970. The third-order valence-corrected chi connectivity index (χ3v) is 3.90. The number of rotatable bonds is 2. The van der Waals surface area contributed by atoms with E-state index in [4.69, 9.17) is 16.2 Å². The molecular weight excluding hydrogens is 1170 g/mol. The molecule has 3 nitrogen and oxygen atoms in total. The molecule has 0 atom stereocenters. The maximum absolute atomic E-state index is 7.74. The molecule has 0 bridgehead atoms. The van der Waals surface area contributed by atoms with Gasteiger partial charge >= 0.3 is 0 Å². The number of nitrogens with one attached hydrogen (secondary N) is 2. The van der Waals surface area contributed by atoms with Crippen LogP contribution >= 0.6 is 0 Å². The van der Waals surface area contributed by atoms with Crippen LogP contribution in [0.5, 0.6) is 11.5 Å². The predicted molar refractivity (Wildman–Crippen MR) is 95.9 cm³/mol. The Morgan fingerprint density at radius 1 is 0.424 bits per heavy atom. The first-order valence-electron chi connectivity index (χ1n) is 7.37. The van der Waals surface area contributed by atoms with Crippen molar-refractivity contribution in [2.45, 2.75) is 0 Å². The first-order valence-corrected chi connectivity index (χ1v) is 7.37. The Morgan fingerprint density at radius 2 is 0.758 bits per heavy atom. The van der Waals surface area contributed by atoms with Gasteiger partial charge in [-0.2, -0.15) is 0 Å². The third-order valence-electron chi connectivity index (χ3n) is 3.90. The van der Waals surface area contributed by atoms with E-state index in [2.05, 4.69) is 0 Å². The summed E-state index contributed by atoms with van der Waals surface area (Å²) in [4.78, 5) is 0. The van der Waals surface area contributed by atoms with Gasteiger partial charge in [0.1, 0.15) is 11.5 Å². The molecule has 0 saturated heterocycles. The van der Waals surface area contributed by atoms with Crippen molar-refractivity contribution in [1.29, 1.82) is 0 Å². The molecule has 0 amide bonds. The van der Waals surface area contributed by atoms with Gasteiger partial charge in [0.2, 0.25) is 0 Å². The van der Waals surface area contributed by atoms with Gasteiger partial charge in [0.25, 0.3) is 0 Å². The van der Waals surface area contributed by atoms with Gasteiger partial charge in [-0.15, -0.1) is 11.4 Å². The molecule has 10 radical (unpaired) electrons. The zero-order valence-electron chi connectivity index (χ0n) is 18.1. The van der Waals surface area contributed by atoms with E-state index in [0.29, 0.717) is 11.4 Å². The van der Waals surface area contributed by atoms with Gasteiger partial charge in [0.15, 0.2) is 0 Å². The SMILES string of the molecule is [NH-]c1ccc2c(Oc3cccc4cc([NH-])ccc34)cccc2c1.[Y].[Y].[Y].[Y].[Y].[Y].[Y].[Y].[Y].[Y]. The van der Waals surface area contributed by atoms with Gasteiger partial charge in [-0.1, -0.05) is 60.7 Å². The quantitative estimate of drug-likeness (QED) is 0.211. The van der Waals surface area contributed by atoms with Crippen LogP contribution in [0.2, 0.25) is 0 Å². The molecule has 0 unspecified atom stereocenters. The van der Waals surface area contributed by atoms with Gasteiger partial charge in [-0.25, -0.2) is 0 Å². The molecule has 4 aromatic carbocycles. The van der Waals surface area contributed by atoms with Crippen LogP contribution < -0.4 is 4.74 Å². The van der Waals surface area contributed by atoms with Crippen LogP contribution in [0.3, 0.4) is 0 Å². The van der Waals surface area contributed by atoms with Crippen LogP contribution in [0, 0.1) is 0 Å². The maximum Gasteiger partial charge on any atom is 0.135 e. The van der Waals surface area contributed by atoms with Gasteiger partial charge in [-0.3, -0.25) is 0 Å². The second kappa shape index (κ2) is 29.9. The molecule has 0 saturated carbocycles. The van der Waals surface area contributed by atoms with Crippen molar-refractivity contribution < 1.29 is 332 Å². The maximum atomic E-state index is 7.74. The standard InChI is InChI=1S/C20H14N2O.10Y/c21-15-7-9-17-13(11-15)3-1-5-19(17)23-20-6-2-4-14-12-16(22)8-10-18(14)20;;;;;;;;;;/h1-12,21-22H;;;;;;;;;;/q-2;;;;;;;;;;. The fraction of sp³-hybridized carbons (Fsp3) is 0. The monoisotopic (exact) mass is 1190 g/mol. The van der Waals surface area contributed by atoms with Crippen molar-refractivity contribution >= 4 is 32.9 Å². The van der Waals surface area contributed by atoms with E-state index in [1.165, 1.54) is 0 Å². The summed E-state index contributed by atoms with van der Waals surface area (Å²) in [7, 11) is 0. The molecule has 13 heteroatoms. The molecule has 2 N–H and O–H groups in total. The Labute approximate surface area is 447 Å². The molecule has 0 aliphatic rings. The van der Waals surface area contributed by atoms with Crippen molar-refractivity contribution in [2.75, 3.05) is 0 Å². The molecule has 0 fully saturated rings. The minimum Gasteiger partial charge on any atom is -0.699 e. The fourth-order valence-electron chi connectivity index (χ4n) is 2.80. The normalized spacial score (nSPS) is 7.64. The summed E-state index contributed by atoms with van der Waals surface area (Å²) in [5, 5.41) is 3.95. The van der Waals surface area contributed by atoms with Gasteiger partial charge in [0, 0.05) is 338 Å². The Kier molecular flexibility index (Phi) is 51.3. The minimum atomic E-state index is 0. The van der Waals surface area contributed by atoms with Gasteiger partial charge < -0.3 is 16.2 Å². The summed E-state index contributed by atoms with van der Waals surface area (Å²) in [5.41, 5.74) is 16.5. The summed E-state index contributed by atoms with van der Waals surface area (Å²) in [5.74, 6) is 1.54. The van der Waals surface area contributed by atoms with Crippen LogP contribution in [0.4, 0.5) is 11.4 Å². The first-order chi connectivity index (χ1) is 11.2. The molecule has 0 heterocycles. The average molecular weight is 1190 g/mol. The Hall–Kier alpha value is 7.84. The summed E-state index contributed by atoms with van der Waals surface area (Å²) in [6.45, 7) is 0. The molecule has 33 heavy (non-hydrogen) atoms. The number of ether oxygens (including phenoxy) is 1. The Balaban J connectivity index is -0.000000135. The van der Waals surface area contributed by atoms with Crippen molar-refractivity contribution in [3.05, 3.63) is 84.3 Å². The molecule has 0 aliphatic heterocycles. The van der Waals surface area contributed by atoms with E-state index >= 15 is 0 Å².